The smallest absolute Gasteiger partial charge is 0.306 e. The second kappa shape index (κ2) is 43.0. The van der Waals surface area contributed by atoms with Crippen LogP contribution in [0.25, 0.3) is 0 Å². The van der Waals surface area contributed by atoms with Crippen molar-refractivity contribution in [1.82, 2.24) is 0 Å². The van der Waals surface area contributed by atoms with E-state index in [2.05, 4.69) is 99.8 Å². The Morgan fingerprint density at radius 1 is 0.375 bits per heavy atom. The molecule has 56 heavy (non-hydrogen) atoms. The van der Waals surface area contributed by atoms with Gasteiger partial charge in [0.15, 0.2) is 6.10 Å². The number of ether oxygens (including phenoxy) is 3. The summed E-state index contributed by atoms with van der Waals surface area (Å²) in [6.07, 6.45) is 61.5. The topological polar surface area (TPSA) is 78.9 Å². The monoisotopic (exact) mass is 769 g/mol. The highest BCUT2D eigenvalue weighted by Crippen LogP contribution is 2.08. The number of hydrogen-bond donors (Lipinski definition) is 0. The van der Waals surface area contributed by atoms with Crippen LogP contribution >= 0.6 is 0 Å². The summed E-state index contributed by atoms with van der Waals surface area (Å²) in [7, 11) is 0. The van der Waals surface area contributed by atoms with Crippen LogP contribution in [-0.4, -0.2) is 37.2 Å². The number of carbonyl (C=O) groups is 3. The maximum Gasteiger partial charge on any atom is 0.306 e. The van der Waals surface area contributed by atoms with Crippen LogP contribution in [0.3, 0.4) is 0 Å². The molecule has 0 saturated carbocycles. The van der Waals surface area contributed by atoms with Crippen molar-refractivity contribution >= 4 is 17.9 Å². The Labute approximate surface area is 340 Å². The van der Waals surface area contributed by atoms with Crippen LogP contribution in [0.2, 0.25) is 0 Å². The Bertz CT molecular complexity index is 1340. The molecule has 0 N–H and O–H groups in total. The molecule has 0 aromatic rings. The average molecular weight is 769 g/mol. The van der Waals surface area contributed by atoms with E-state index in [1.165, 1.54) is 0 Å². The molecule has 0 fully saturated rings. The van der Waals surface area contributed by atoms with E-state index in [9.17, 15) is 14.4 Å². The van der Waals surface area contributed by atoms with Gasteiger partial charge in [0.1, 0.15) is 13.2 Å². The second-order valence-electron chi connectivity index (χ2n) is 12.9. The Kier molecular flexibility index (Phi) is 39.4. The maximum atomic E-state index is 12.6. The summed E-state index contributed by atoms with van der Waals surface area (Å²) in [6.45, 7) is 6.03. The van der Waals surface area contributed by atoms with E-state index in [0.717, 1.165) is 64.2 Å². The molecule has 0 saturated heterocycles. The molecule has 0 aromatic carbocycles. The lowest BCUT2D eigenvalue weighted by atomic mass is 10.2. The number of allylic oxidation sites excluding steroid dienone is 24. The normalized spacial score (nSPS) is 13.6. The van der Waals surface area contributed by atoms with Crippen molar-refractivity contribution in [3.63, 3.8) is 0 Å². The molecule has 6 nitrogen and oxygen atoms in total. The summed E-state index contributed by atoms with van der Waals surface area (Å²) in [4.78, 5) is 37.5. The summed E-state index contributed by atoms with van der Waals surface area (Å²) in [5, 5.41) is 0. The van der Waals surface area contributed by atoms with E-state index in [-0.39, 0.29) is 38.4 Å². The van der Waals surface area contributed by atoms with E-state index >= 15 is 0 Å². The van der Waals surface area contributed by atoms with Crippen LogP contribution in [0.5, 0.6) is 0 Å². The van der Waals surface area contributed by atoms with Gasteiger partial charge in [-0.2, -0.15) is 0 Å². The molecule has 1 atom stereocenters. The Morgan fingerprint density at radius 2 is 0.768 bits per heavy atom. The molecule has 0 bridgehead atoms. The van der Waals surface area contributed by atoms with E-state index < -0.39 is 18.0 Å². The third-order valence-electron chi connectivity index (χ3n) is 7.71. The quantitative estimate of drug-likeness (QED) is 0.0213. The summed E-state index contributed by atoms with van der Waals surface area (Å²) >= 11 is 0. The van der Waals surface area contributed by atoms with E-state index in [1.807, 2.05) is 66.8 Å². The van der Waals surface area contributed by atoms with E-state index in [4.69, 9.17) is 14.2 Å². The first kappa shape index (κ1) is 51.3. The molecular formula is C50H72O6. The minimum atomic E-state index is -0.861. The minimum Gasteiger partial charge on any atom is -0.462 e. The minimum absolute atomic E-state index is 0.154. The fraction of sp³-hybridized carbons (Fsp3) is 0.460. The third-order valence-corrected chi connectivity index (χ3v) is 7.71. The Balaban J connectivity index is 4.68. The molecular weight excluding hydrogens is 697 g/mol. The number of esters is 3. The van der Waals surface area contributed by atoms with Crippen LogP contribution in [0, 0.1) is 0 Å². The second-order valence-corrected chi connectivity index (χ2v) is 12.9. The van der Waals surface area contributed by atoms with E-state index in [0.29, 0.717) is 25.7 Å². The fourth-order valence-corrected chi connectivity index (χ4v) is 4.67. The lowest BCUT2D eigenvalue weighted by Crippen LogP contribution is -2.30. The predicted molar refractivity (Wildman–Crippen MR) is 237 cm³/mol. The molecule has 0 aliphatic rings. The summed E-state index contributed by atoms with van der Waals surface area (Å²) < 4.78 is 16.5. The number of carbonyl (C=O) groups excluding carboxylic acids is 3. The van der Waals surface area contributed by atoms with Gasteiger partial charge in [0, 0.05) is 19.3 Å². The highest BCUT2D eigenvalue weighted by molar-refractivity contribution is 5.71. The van der Waals surface area contributed by atoms with Gasteiger partial charge in [0.05, 0.1) is 0 Å². The Morgan fingerprint density at radius 3 is 1.29 bits per heavy atom. The number of unbranched alkanes of at least 4 members (excludes halogenated alkanes) is 3. The van der Waals surface area contributed by atoms with Crippen LogP contribution in [0.1, 0.15) is 130 Å². The van der Waals surface area contributed by atoms with Crippen molar-refractivity contribution in [3.8, 4) is 0 Å². The first-order valence-corrected chi connectivity index (χ1v) is 20.9. The zero-order valence-electron chi connectivity index (χ0n) is 34.8. The lowest BCUT2D eigenvalue weighted by molar-refractivity contribution is -0.166. The van der Waals surface area contributed by atoms with Crippen molar-refractivity contribution < 1.29 is 28.6 Å². The standard InChI is InChI=1S/C50H72O6/c1-4-7-10-13-16-19-21-23-24-25-27-28-31-34-37-40-43-49(52)55-46-47(45-54-48(51)42-39-36-33-30-18-15-12-9-6-3)56-50(53)44-41-38-35-32-29-26-22-20-17-14-11-8-5-2/h7-12,14,16-20,22-24,26-30,32,34-35,37,47H,4-6,13,15,21,25,31,33,36,38-46H2,1-3H3/b10-7-,11-8-,12-9-,17-14-,19-16-,22-20-,24-23-,28-27-,29-26-,30-18-,35-32-,37-34-. The maximum absolute atomic E-state index is 12.6. The number of hydrogen-bond acceptors (Lipinski definition) is 6. The highest BCUT2D eigenvalue weighted by atomic mass is 16.6. The fourth-order valence-electron chi connectivity index (χ4n) is 4.67. The molecule has 0 heterocycles. The largest absolute Gasteiger partial charge is 0.462 e. The van der Waals surface area contributed by atoms with Gasteiger partial charge in [-0.1, -0.05) is 167 Å². The van der Waals surface area contributed by atoms with E-state index in [1.54, 1.807) is 0 Å². The van der Waals surface area contributed by atoms with Crippen LogP contribution < -0.4 is 0 Å². The van der Waals surface area contributed by atoms with Gasteiger partial charge in [0.2, 0.25) is 0 Å². The van der Waals surface area contributed by atoms with Gasteiger partial charge in [-0.3, -0.25) is 14.4 Å². The zero-order chi connectivity index (χ0) is 40.8. The SMILES string of the molecule is CC\C=C/C=C\C=C/C=C\C=C/CCCC(=O)OC(COC(=O)CC/C=C\C/C=C\C/C=C\C/C=C\C/C=C\CC)COC(=O)CCCC/C=C\C/C=C\CC. The summed E-state index contributed by atoms with van der Waals surface area (Å²) in [5.74, 6) is -1.17. The Hall–Kier alpha value is -4.71. The molecule has 308 valence electrons. The third kappa shape index (κ3) is 40.5. The van der Waals surface area contributed by atoms with Gasteiger partial charge in [0.25, 0.3) is 0 Å². The number of rotatable bonds is 34. The molecule has 0 radical (unpaired) electrons. The predicted octanol–water partition coefficient (Wildman–Crippen LogP) is 13.4. The highest BCUT2D eigenvalue weighted by Gasteiger charge is 2.19. The van der Waals surface area contributed by atoms with Crippen LogP contribution in [-0.2, 0) is 28.6 Å². The molecule has 0 spiro atoms. The van der Waals surface area contributed by atoms with Crippen LogP contribution in [0.4, 0.5) is 0 Å². The first-order chi connectivity index (χ1) is 27.5. The summed E-state index contributed by atoms with van der Waals surface area (Å²) in [5.41, 5.74) is 0. The molecule has 0 amide bonds. The van der Waals surface area contributed by atoms with Crippen molar-refractivity contribution in [1.29, 1.82) is 0 Å². The van der Waals surface area contributed by atoms with Crippen molar-refractivity contribution in [3.05, 3.63) is 146 Å². The van der Waals surface area contributed by atoms with Gasteiger partial charge < -0.3 is 14.2 Å². The zero-order valence-corrected chi connectivity index (χ0v) is 34.8. The van der Waals surface area contributed by atoms with Gasteiger partial charge in [-0.15, -0.1) is 0 Å². The molecule has 6 heteroatoms. The lowest BCUT2D eigenvalue weighted by Gasteiger charge is -2.18. The van der Waals surface area contributed by atoms with Gasteiger partial charge in [-0.25, -0.2) is 0 Å². The van der Waals surface area contributed by atoms with Crippen molar-refractivity contribution in [2.45, 2.75) is 136 Å². The molecule has 0 aliphatic carbocycles. The van der Waals surface area contributed by atoms with Gasteiger partial charge >= 0.3 is 17.9 Å². The summed E-state index contributed by atoms with van der Waals surface area (Å²) in [6, 6.07) is 0. The van der Waals surface area contributed by atoms with Crippen LogP contribution in [0.15, 0.2) is 146 Å². The first-order valence-electron chi connectivity index (χ1n) is 20.9. The average Bonchev–Trinajstić information content (AvgIpc) is 3.19. The van der Waals surface area contributed by atoms with Gasteiger partial charge in [-0.05, 0) is 89.9 Å². The molecule has 0 aliphatic heterocycles. The van der Waals surface area contributed by atoms with Crippen molar-refractivity contribution in [2.24, 2.45) is 0 Å². The molecule has 1 unspecified atom stereocenters. The van der Waals surface area contributed by atoms with Crippen molar-refractivity contribution in [2.75, 3.05) is 13.2 Å². The molecule has 0 rings (SSSR count). The molecule has 0 aromatic heterocycles.